The molecular weight excluding hydrogens is 270 g/mol. The summed E-state index contributed by atoms with van der Waals surface area (Å²) in [6.07, 6.45) is 3.07. The second-order valence-corrected chi connectivity index (χ2v) is 5.45. The van der Waals surface area contributed by atoms with E-state index in [4.69, 9.17) is 0 Å². The van der Waals surface area contributed by atoms with Crippen LogP contribution in [-0.2, 0) is 14.4 Å². The Labute approximate surface area is 122 Å². The minimum absolute atomic E-state index is 0.118. The first kappa shape index (κ1) is 13.7. The second kappa shape index (κ2) is 5.63. The van der Waals surface area contributed by atoms with Crippen LogP contribution in [0.15, 0.2) is 24.4 Å². The summed E-state index contributed by atoms with van der Waals surface area (Å²) in [5.41, 5.74) is 0.987. The number of rotatable bonds is 3. The summed E-state index contributed by atoms with van der Waals surface area (Å²) in [6.45, 7) is 1.13. The molecule has 3 rings (SSSR count). The van der Waals surface area contributed by atoms with Crippen molar-refractivity contribution >= 4 is 17.7 Å². The molecule has 1 aromatic heterocycles. The Morgan fingerprint density at radius 1 is 1.24 bits per heavy atom. The molecule has 1 aromatic rings. The first-order chi connectivity index (χ1) is 10.1. The summed E-state index contributed by atoms with van der Waals surface area (Å²) < 4.78 is 0. The zero-order valence-corrected chi connectivity index (χ0v) is 11.7. The predicted molar refractivity (Wildman–Crippen MR) is 74.1 cm³/mol. The summed E-state index contributed by atoms with van der Waals surface area (Å²) in [7, 11) is 0. The van der Waals surface area contributed by atoms with Crippen molar-refractivity contribution in [2.75, 3.05) is 19.6 Å². The average Bonchev–Trinajstić information content (AvgIpc) is 3.11. The highest BCUT2D eigenvalue weighted by molar-refractivity contribution is 6.04. The van der Waals surface area contributed by atoms with Crippen molar-refractivity contribution in [1.82, 2.24) is 14.8 Å². The van der Waals surface area contributed by atoms with E-state index in [-0.39, 0.29) is 43.0 Å². The van der Waals surface area contributed by atoms with Crippen LogP contribution in [0.5, 0.6) is 0 Å². The van der Waals surface area contributed by atoms with Crippen LogP contribution in [0.25, 0.3) is 0 Å². The molecule has 0 bridgehead atoms. The van der Waals surface area contributed by atoms with Gasteiger partial charge in [-0.2, -0.15) is 0 Å². The highest BCUT2D eigenvalue weighted by Crippen LogP contribution is 2.25. The van der Waals surface area contributed by atoms with Crippen LogP contribution >= 0.6 is 0 Å². The van der Waals surface area contributed by atoms with Crippen LogP contribution in [-0.4, -0.2) is 52.1 Å². The zero-order valence-electron chi connectivity index (χ0n) is 11.7. The largest absolute Gasteiger partial charge is 0.340 e. The summed E-state index contributed by atoms with van der Waals surface area (Å²) >= 11 is 0. The number of nitrogens with zero attached hydrogens (tertiary/aromatic N) is 3. The molecule has 110 valence electrons. The molecular formula is C15H17N3O3. The lowest BCUT2D eigenvalue weighted by Crippen LogP contribution is -2.41. The quantitative estimate of drug-likeness (QED) is 0.761. The van der Waals surface area contributed by atoms with Crippen molar-refractivity contribution in [2.45, 2.75) is 25.2 Å². The minimum atomic E-state index is -0.242. The highest BCUT2D eigenvalue weighted by atomic mass is 16.2. The molecule has 0 unspecified atom stereocenters. The van der Waals surface area contributed by atoms with Crippen molar-refractivity contribution in [2.24, 2.45) is 0 Å². The second-order valence-electron chi connectivity index (χ2n) is 5.45. The van der Waals surface area contributed by atoms with Gasteiger partial charge in [-0.15, -0.1) is 0 Å². The number of hydrogen-bond acceptors (Lipinski definition) is 4. The summed E-state index contributed by atoms with van der Waals surface area (Å²) in [4.78, 5) is 42.4. The van der Waals surface area contributed by atoms with E-state index < -0.39 is 0 Å². The Kier molecular flexibility index (Phi) is 3.68. The minimum Gasteiger partial charge on any atom is -0.340 e. The van der Waals surface area contributed by atoms with Gasteiger partial charge in [0, 0.05) is 43.7 Å². The van der Waals surface area contributed by atoms with E-state index in [1.807, 2.05) is 18.2 Å². The van der Waals surface area contributed by atoms with Crippen LogP contribution in [0.2, 0.25) is 0 Å². The molecule has 2 aliphatic rings. The maximum Gasteiger partial charge on any atom is 0.242 e. The molecule has 0 spiro atoms. The fourth-order valence-electron chi connectivity index (χ4n) is 2.88. The topological polar surface area (TPSA) is 70.6 Å². The van der Waals surface area contributed by atoms with Crippen LogP contribution in [0.1, 0.15) is 30.9 Å². The lowest BCUT2D eigenvalue weighted by atomic mass is 10.0. The van der Waals surface area contributed by atoms with Crippen molar-refractivity contribution in [3.05, 3.63) is 30.1 Å². The van der Waals surface area contributed by atoms with Crippen molar-refractivity contribution in [3.8, 4) is 0 Å². The number of amides is 3. The molecule has 6 heteroatoms. The highest BCUT2D eigenvalue weighted by Gasteiger charge is 2.34. The monoisotopic (exact) mass is 287 g/mol. The smallest absolute Gasteiger partial charge is 0.242 e. The van der Waals surface area contributed by atoms with Gasteiger partial charge in [-0.1, -0.05) is 6.07 Å². The van der Waals surface area contributed by atoms with E-state index in [2.05, 4.69) is 4.98 Å². The number of carbonyl (C=O) groups is 3. The average molecular weight is 287 g/mol. The van der Waals surface area contributed by atoms with Gasteiger partial charge in [-0.25, -0.2) is 0 Å². The molecule has 0 aromatic carbocycles. The van der Waals surface area contributed by atoms with Gasteiger partial charge in [-0.05, 0) is 18.6 Å². The molecule has 0 N–H and O–H groups in total. The number of hydrogen-bond donors (Lipinski definition) is 0. The fraction of sp³-hybridized carbons (Fsp3) is 0.467. The molecule has 0 radical (unpaired) electrons. The molecule has 0 saturated carbocycles. The van der Waals surface area contributed by atoms with Gasteiger partial charge in [0.1, 0.15) is 6.54 Å². The third kappa shape index (κ3) is 2.79. The lowest BCUT2D eigenvalue weighted by molar-refractivity contribution is -0.145. The fourth-order valence-corrected chi connectivity index (χ4v) is 2.88. The normalized spacial score (nSPS) is 22.2. The number of carbonyl (C=O) groups excluding carboxylic acids is 3. The van der Waals surface area contributed by atoms with E-state index in [9.17, 15) is 14.4 Å². The summed E-state index contributed by atoms with van der Waals surface area (Å²) in [5, 5.41) is 0. The van der Waals surface area contributed by atoms with Gasteiger partial charge >= 0.3 is 0 Å². The number of imide groups is 1. The molecule has 3 heterocycles. The first-order valence-electron chi connectivity index (χ1n) is 7.17. The molecule has 21 heavy (non-hydrogen) atoms. The molecule has 2 saturated heterocycles. The van der Waals surface area contributed by atoms with Crippen LogP contribution in [0, 0.1) is 0 Å². The number of likely N-dealkylation sites (tertiary alicyclic amines) is 2. The van der Waals surface area contributed by atoms with Gasteiger partial charge < -0.3 is 4.90 Å². The van der Waals surface area contributed by atoms with Gasteiger partial charge in [0.2, 0.25) is 17.7 Å². The molecule has 3 amide bonds. The third-order valence-corrected chi connectivity index (χ3v) is 4.10. The summed E-state index contributed by atoms with van der Waals surface area (Å²) in [5.74, 6) is -0.403. The van der Waals surface area contributed by atoms with Crippen LogP contribution in [0.4, 0.5) is 0 Å². The van der Waals surface area contributed by atoms with E-state index in [0.717, 1.165) is 17.0 Å². The van der Waals surface area contributed by atoms with Gasteiger partial charge in [0.05, 0.1) is 0 Å². The molecule has 2 aliphatic heterocycles. The predicted octanol–water partition coefficient (Wildman–Crippen LogP) is 0.546. The SMILES string of the molecule is O=C(CN1C(=O)CCC1=O)N1CC[C@@H](c2ccccn2)C1. The lowest BCUT2D eigenvalue weighted by Gasteiger charge is -2.20. The van der Waals surface area contributed by atoms with Gasteiger partial charge in [0.15, 0.2) is 0 Å². The Hall–Kier alpha value is -2.24. The number of aromatic nitrogens is 1. The maximum atomic E-state index is 12.2. The van der Waals surface area contributed by atoms with Crippen molar-refractivity contribution in [3.63, 3.8) is 0 Å². The first-order valence-corrected chi connectivity index (χ1v) is 7.17. The standard InChI is InChI=1S/C15H17N3O3/c19-13-4-5-14(20)18(13)10-15(21)17-8-6-11(9-17)12-3-1-2-7-16-12/h1-3,7,11H,4-6,8-10H2/t11-/m1/s1. The number of pyridine rings is 1. The molecule has 6 nitrogen and oxygen atoms in total. The van der Waals surface area contributed by atoms with Gasteiger partial charge in [0.25, 0.3) is 0 Å². The van der Waals surface area contributed by atoms with Gasteiger partial charge in [-0.3, -0.25) is 24.3 Å². The van der Waals surface area contributed by atoms with E-state index in [1.165, 1.54) is 0 Å². The molecule has 1 atom stereocenters. The zero-order chi connectivity index (χ0) is 14.8. The van der Waals surface area contributed by atoms with E-state index >= 15 is 0 Å². The third-order valence-electron chi connectivity index (χ3n) is 4.10. The summed E-state index contributed by atoms with van der Waals surface area (Å²) in [6, 6.07) is 5.77. The Morgan fingerprint density at radius 2 is 2.00 bits per heavy atom. The Morgan fingerprint density at radius 3 is 2.67 bits per heavy atom. The van der Waals surface area contributed by atoms with E-state index in [1.54, 1.807) is 11.1 Å². The Bertz CT molecular complexity index is 557. The van der Waals surface area contributed by atoms with Crippen molar-refractivity contribution in [1.29, 1.82) is 0 Å². The van der Waals surface area contributed by atoms with Crippen LogP contribution in [0.3, 0.4) is 0 Å². The van der Waals surface area contributed by atoms with E-state index in [0.29, 0.717) is 13.1 Å². The maximum absolute atomic E-state index is 12.2. The Balaban J connectivity index is 1.60. The molecule has 0 aliphatic carbocycles. The van der Waals surface area contributed by atoms with Crippen LogP contribution < -0.4 is 0 Å². The van der Waals surface area contributed by atoms with Crippen molar-refractivity contribution < 1.29 is 14.4 Å². The molecule has 2 fully saturated rings.